The minimum absolute atomic E-state index is 0.247. The Balaban J connectivity index is 2.09. The van der Waals surface area contributed by atoms with Crippen LogP contribution in [0.25, 0.3) is 0 Å². The second-order valence-corrected chi connectivity index (χ2v) is 3.52. The van der Waals surface area contributed by atoms with Crippen LogP contribution in [0.4, 0.5) is 0 Å². The monoisotopic (exact) mass is 173 g/mol. The summed E-state index contributed by atoms with van der Waals surface area (Å²) in [7, 11) is 8.17. The van der Waals surface area contributed by atoms with Crippen LogP contribution in [0.15, 0.2) is 0 Å². The second-order valence-electron chi connectivity index (χ2n) is 3.52. The number of hydrogen-bond donors (Lipinski definition) is 1. The van der Waals surface area contributed by atoms with Crippen molar-refractivity contribution in [1.82, 2.24) is 15.1 Å². The molecule has 1 fully saturated rings. The molecular formula is C8H19N3O. The van der Waals surface area contributed by atoms with Crippen molar-refractivity contribution < 1.29 is 4.74 Å². The van der Waals surface area contributed by atoms with Crippen LogP contribution < -0.4 is 5.32 Å². The molecule has 1 heterocycles. The fourth-order valence-corrected chi connectivity index (χ4v) is 1.14. The third-order valence-electron chi connectivity index (χ3n) is 2.09. The van der Waals surface area contributed by atoms with Crippen LogP contribution >= 0.6 is 0 Å². The number of nitrogens with one attached hydrogen (secondary N) is 1. The maximum Gasteiger partial charge on any atom is 0.152 e. The van der Waals surface area contributed by atoms with E-state index in [1.807, 2.05) is 7.05 Å². The smallest absolute Gasteiger partial charge is 0.152 e. The lowest BCUT2D eigenvalue weighted by atomic mass is 10.5. The Hall–Kier alpha value is -0.160. The van der Waals surface area contributed by atoms with Crippen molar-refractivity contribution >= 4 is 0 Å². The Labute approximate surface area is 74.5 Å². The predicted octanol–water partition coefficient (Wildman–Crippen LogP) is -0.618. The zero-order valence-corrected chi connectivity index (χ0v) is 8.37. The van der Waals surface area contributed by atoms with E-state index in [9.17, 15) is 0 Å². The average Bonchev–Trinajstić information content (AvgIpc) is 2.78. The summed E-state index contributed by atoms with van der Waals surface area (Å²) in [5.41, 5.74) is 0. The standard InChI is InChI=1S/C8H19N3O/c1-9-7-8(12-7)11(4)6-5-10(2)3/h7-9H,5-6H2,1-4H3/t7?,8-/m0/s1. The first-order valence-corrected chi connectivity index (χ1v) is 4.33. The van der Waals surface area contributed by atoms with Gasteiger partial charge in [-0.3, -0.25) is 10.2 Å². The minimum atomic E-state index is 0.247. The van der Waals surface area contributed by atoms with Crippen LogP contribution in [-0.4, -0.2) is 63.5 Å². The van der Waals surface area contributed by atoms with Crippen LogP contribution in [0.3, 0.4) is 0 Å². The van der Waals surface area contributed by atoms with E-state index in [1.54, 1.807) is 0 Å². The number of ether oxygens (including phenoxy) is 1. The van der Waals surface area contributed by atoms with Crippen molar-refractivity contribution in [2.75, 3.05) is 41.3 Å². The van der Waals surface area contributed by atoms with E-state index in [1.165, 1.54) is 0 Å². The van der Waals surface area contributed by atoms with E-state index >= 15 is 0 Å². The van der Waals surface area contributed by atoms with Gasteiger partial charge in [-0.15, -0.1) is 0 Å². The van der Waals surface area contributed by atoms with Crippen LogP contribution in [0.5, 0.6) is 0 Å². The van der Waals surface area contributed by atoms with Gasteiger partial charge in [0.1, 0.15) is 0 Å². The van der Waals surface area contributed by atoms with Crippen LogP contribution in [0, 0.1) is 0 Å². The molecule has 0 spiro atoms. The number of nitrogens with zero attached hydrogens (tertiary/aromatic N) is 2. The molecule has 2 atom stereocenters. The lowest BCUT2D eigenvalue weighted by Gasteiger charge is -2.16. The van der Waals surface area contributed by atoms with E-state index < -0.39 is 0 Å². The van der Waals surface area contributed by atoms with E-state index in [2.05, 4.69) is 36.3 Å². The van der Waals surface area contributed by atoms with Gasteiger partial charge in [-0.1, -0.05) is 0 Å². The molecule has 4 heteroatoms. The third-order valence-corrected chi connectivity index (χ3v) is 2.09. The highest BCUT2D eigenvalue weighted by atomic mass is 16.6. The van der Waals surface area contributed by atoms with Gasteiger partial charge in [-0.25, -0.2) is 0 Å². The summed E-state index contributed by atoms with van der Waals surface area (Å²) in [4.78, 5) is 4.40. The second kappa shape index (κ2) is 4.18. The quantitative estimate of drug-likeness (QED) is 0.562. The molecule has 0 saturated carbocycles. The third kappa shape index (κ3) is 2.71. The van der Waals surface area contributed by atoms with Crippen LogP contribution in [-0.2, 0) is 4.74 Å². The van der Waals surface area contributed by atoms with Gasteiger partial charge < -0.3 is 9.64 Å². The molecule has 0 bridgehead atoms. The number of epoxide rings is 1. The minimum Gasteiger partial charge on any atom is -0.337 e. The molecule has 1 aliphatic heterocycles. The summed E-state index contributed by atoms with van der Waals surface area (Å²) in [5.74, 6) is 0. The van der Waals surface area contributed by atoms with Crippen molar-refractivity contribution in [1.29, 1.82) is 0 Å². The largest absolute Gasteiger partial charge is 0.337 e. The summed E-state index contributed by atoms with van der Waals surface area (Å²) in [6.07, 6.45) is 0.534. The molecule has 1 N–H and O–H groups in total. The van der Waals surface area contributed by atoms with Crippen LogP contribution in [0.1, 0.15) is 0 Å². The van der Waals surface area contributed by atoms with Gasteiger partial charge in [0, 0.05) is 13.1 Å². The average molecular weight is 173 g/mol. The van der Waals surface area contributed by atoms with E-state index in [0.29, 0.717) is 0 Å². The summed E-state index contributed by atoms with van der Waals surface area (Å²) < 4.78 is 5.36. The molecule has 4 nitrogen and oxygen atoms in total. The molecule has 0 aromatic rings. The highest BCUT2D eigenvalue weighted by molar-refractivity contribution is 4.80. The summed E-state index contributed by atoms with van der Waals surface area (Å²) >= 11 is 0. The molecule has 0 radical (unpaired) electrons. The first-order chi connectivity index (χ1) is 5.65. The lowest BCUT2D eigenvalue weighted by molar-refractivity contribution is 0.194. The van der Waals surface area contributed by atoms with Gasteiger partial charge in [0.2, 0.25) is 0 Å². The van der Waals surface area contributed by atoms with Crippen molar-refractivity contribution in [2.45, 2.75) is 12.5 Å². The Morgan fingerprint density at radius 2 is 1.92 bits per heavy atom. The van der Waals surface area contributed by atoms with Crippen molar-refractivity contribution in [3.63, 3.8) is 0 Å². The number of rotatable bonds is 5. The summed E-state index contributed by atoms with van der Waals surface area (Å²) in [5, 5.41) is 3.08. The molecule has 0 amide bonds. The highest BCUT2D eigenvalue weighted by Crippen LogP contribution is 2.20. The Bertz CT molecular complexity index is 140. The molecule has 1 rings (SSSR count). The topological polar surface area (TPSA) is 31.0 Å². The maximum absolute atomic E-state index is 5.36. The lowest BCUT2D eigenvalue weighted by Crippen LogP contribution is -2.33. The van der Waals surface area contributed by atoms with E-state index in [0.717, 1.165) is 13.1 Å². The molecule has 12 heavy (non-hydrogen) atoms. The number of hydrogen-bond acceptors (Lipinski definition) is 4. The zero-order valence-electron chi connectivity index (χ0n) is 8.37. The molecular weight excluding hydrogens is 154 g/mol. The maximum atomic E-state index is 5.36. The summed E-state index contributed by atoms with van der Waals surface area (Å²) in [6, 6.07) is 0. The van der Waals surface area contributed by atoms with E-state index in [-0.39, 0.29) is 12.5 Å². The first-order valence-electron chi connectivity index (χ1n) is 4.33. The van der Waals surface area contributed by atoms with Gasteiger partial charge in [0.15, 0.2) is 12.5 Å². The van der Waals surface area contributed by atoms with Gasteiger partial charge >= 0.3 is 0 Å². The van der Waals surface area contributed by atoms with Crippen molar-refractivity contribution in [3.8, 4) is 0 Å². The first kappa shape index (κ1) is 9.92. The normalized spacial score (nSPS) is 28.5. The highest BCUT2D eigenvalue weighted by Gasteiger charge is 2.40. The SMILES string of the molecule is CNC1O[C@@H]1N(C)CCN(C)C. The molecule has 1 unspecified atom stereocenters. The molecule has 0 aromatic heterocycles. The van der Waals surface area contributed by atoms with Gasteiger partial charge in [-0.2, -0.15) is 0 Å². The van der Waals surface area contributed by atoms with Gasteiger partial charge in [-0.05, 0) is 28.2 Å². The molecule has 1 aliphatic rings. The molecule has 0 aliphatic carbocycles. The van der Waals surface area contributed by atoms with Crippen molar-refractivity contribution in [3.05, 3.63) is 0 Å². The van der Waals surface area contributed by atoms with Crippen molar-refractivity contribution in [2.24, 2.45) is 0 Å². The van der Waals surface area contributed by atoms with Crippen LogP contribution in [0.2, 0.25) is 0 Å². The molecule has 1 saturated heterocycles. The van der Waals surface area contributed by atoms with Gasteiger partial charge in [0.05, 0.1) is 0 Å². The zero-order chi connectivity index (χ0) is 9.14. The van der Waals surface area contributed by atoms with Gasteiger partial charge in [0.25, 0.3) is 0 Å². The number of likely N-dealkylation sites (N-methyl/N-ethyl adjacent to an activating group) is 3. The Morgan fingerprint density at radius 3 is 2.33 bits per heavy atom. The fourth-order valence-electron chi connectivity index (χ4n) is 1.14. The fraction of sp³-hybridized carbons (Fsp3) is 1.00. The Kier molecular flexibility index (Phi) is 3.46. The Morgan fingerprint density at radius 1 is 1.25 bits per heavy atom. The predicted molar refractivity (Wildman–Crippen MR) is 48.9 cm³/mol. The summed E-state index contributed by atoms with van der Waals surface area (Å²) in [6.45, 7) is 2.13. The molecule has 0 aromatic carbocycles. The molecule has 72 valence electrons. The van der Waals surface area contributed by atoms with E-state index in [4.69, 9.17) is 4.74 Å².